The minimum atomic E-state index is -0.665. The topological polar surface area (TPSA) is 69.7 Å². The Morgan fingerprint density at radius 3 is 2.19 bits per heavy atom. The number of esters is 2. The Labute approximate surface area is 94.4 Å². The summed E-state index contributed by atoms with van der Waals surface area (Å²) in [6.45, 7) is 3.90. The lowest BCUT2D eigenvalue weighted by molar-refractivity contribution is -0.143. The maximum absolute atomic E-state index is 11.1. The normalized spacial score (nSPS) is 9.12. The van der Waals surface area contributed by atoms with Crippen molar-refractivity contribution < 1.29 is 23.9 Å². The standard InChI is InChI=1S/C11H16O5/c1-3-15-10(13)7-5-6-9(8-12)11(14)16-4-2/h3-7H2,1-2H3. The summed E-state index contributed by atoms with van der Waals surface area (Å²) in [7, 11) is 0. The molecule has 0 aromatic rings. The summed E-state index contributed by atoms with van der Waals surface area (Å²) in [4.78, 5) is 32.5. The number of carbonyl (C=O) groups is 2. The van der Waals surface area contributed by atoms with Gasteiger partial charge in [-0.1, -0.05) is 0 Å². The highest BCUT2D eigenvalue weighted by Crippen LogP contribution is 2.07. The molecule has 5 heteroatoms. The van der Waals surface area contributed by atoms with Crippen molar-refractivity contribution in [2.24, 2.45) is 0 Å². The van der Waals surface area contributed by atoms with Crippen LogP contribution >= 0.6 is 0 Å². The van der Waals surface area contributed by atoms with Crippen LogP contribution in [-0.4, -0.2) is 31.1 Å². The fourth-order valence-electron chi connectivity index (χ4n) is 1.06. The molecule has 0 aliphatic carbocycles. The predicted molar refractivity (Wildman–Crippen MR) is 56.3 cm³/mol. The summed E-state index contributed by atoms with van der Waals surface area (Å²) in [5.41, 5.74) is -0.0638. The van der Waals surface area contributed by atoms with Crippen molar-refractivity contribution in [3.8, 4) is 0 Å². The van der Waals surface area contributed by atoms with Gasteiger partial charge in [0.1, 0.15) is 11.5 Å². The first-order valence-electron chi connectivity index (χ1n) is 5.22. The first-order chi connectivity index (χ1) is 7.65. The van der Waals surface area contributed by atoms with Crippen LogP contribution in [0.15, 0.2) is 5.57 Å². The van der Waals surface area contributed by atoms with Gasteiger partial charge >= 0.3 is 11.9 Å². The minimum absolute atomic E-state index is 0.0638. The zero-order chi connectivity index (χ0) is 12.4. The first kappa shape index (κ1) is 14.4. The smallest absolute Gasteiger partial charge is 0.345 e. The predicted octanol–water partition coefficient (Wildman–Crippen LogP) is 1.04. The molecule has 0 fully saturated rings. The third kappa shape index (κ3) is 5.98. The molecule has 0 aromatic heterocycles. The van der Waals surface area contributed by atoms with Crippen molar-refractivity contribution >= 4 is 17.9 Å². The lowest BCUT2D eigenvalue weighted by Crippen LogP contribution is -2.09. The molecule has 0 aromatic carbocycles. The molecule has 0 saturated heterocycles. The van der Waals surface area contributed by atoms with E-state index in [1.807, 2.05) is 0 Å². The second kappa shape index (κ2) is 8.68. The molecule has 0 aliphatic heterocycles. The molecule has 0 rings (SSSR count). The number of ether oxygens (including phenoxy) is 2. The van der Waals surface area contributed by atoms with E-state index < -0.39 is 5.97 Å². The van der Waals surface area contributed by atoms with Gasteiger partial charge in [-0.15, -0.1) is 0 Å². The lowest BCUT2D eigenvalue weighted by Gasteiger charge is -2.03. The number of rotatable bonds is 7. The summed E-state index contributed by atoms with van der Waals surface area (Å²) in [6, 6.07) is 0. The molecule has 0 N–H and O–H groups in total. The van der Waals surface area contributed by atoms with Crippen molar-refractivity contribution in [3.63, 3.8) is 0 Å². The van der Waals surface area contributed by atoms with Gasteiger partial charge in [0.15, 0.2) is 0 Å². The molecule has 0 saturated carbocycles. The van der Waals surface area contributed by atoms with Crippen LogP contribution in [0.5, 0.6) is 0 Å². The second-order valence-electron chi connectivity index (χ2n) is 2.96. The van der Waals surface area contributed by atoms with E-state index in [0.29, 0.717) is 13.0 Å². The fourth-order valence-corrected chi connectivity index (χ4v) is 1.06. The molecule has 0 aliphatic rings. The molecule has 0 spiro atoms. The molecule has 5 nitrogen and oxygen atoms in total. The first-order valence-corrected chi connectivity index (χ1v) is 5.22. The Bertz CT molecular complexity index is 289. The van der Waals surface area contributed by atoms with Gasteiger partial charge in [0.05, 0.1) is 13.2 Å². The third-order valence-electron chi connectivity index (χ3n) is 1.76. The number of hydrogen-bond acceptors (Lipinski definition) is 5. The molecular formula is C11H16O5. The van der Waals surface area contributed by atoms with Crippen LogP contribution < -0.4 is 0 Å². The van der Waals surface area contributed by atoms with Gasteiger partial charge in [-0.05, 0) is 26.7 Å². The van der Waals surface area contributed by atoms with Crippen LogP contribution in [0.25, 0.3) is 0 Å². The van der Waals surface area contributed by atoms with E-state index in [9.17, 15) is 14.4 Å². The maximum Gasteiger partial charge on any atom is 0.345 e. The van der Waals surface area contributed by atoms with Gasteiger partial charge in [0.25, 0.3) is 0 Å². The molecule has 0 unspecified atom stereocenters. The van der Waals surface area contributed by atoms with Crippen LogP contribution in [0.3, 0.4) is 0 Å². The minimum Gasteiger partial charge on any atom is -0.466 e. The van der Waals surface area contributed by atoms with Gasteiger partial charge in [0, 0.05) is 6.42 Å². The van der Waals surface area contributed by atoms with Crippen LogP contribution in [-0.2, 0) is 23.9 Å². The average molecular weight is 228 g/mol. The van der Waals surface area contributed by atoms with Crippen molar-refractivity contribution in [3.05, 3.63) is 5.57 Å². The molecule has 0 amide bonds. The Morgan fingerprint density at radius 1 is 1.06 bits per heavy atom. The largest absolute Gasteiger partial charge is 0.466 e. The van der Waals surface area contributed by atoms with Crippen LogP contribution in [0.4, 0.5) is 0 Å². The molecule has 16 heavy (non-hydrogen) atoms. The number of carbonyl (C=O) groups excluding carboxylic acids is 3. The van der Waals surface area contributed by atoms with E-state index in [1.165, 1.54) is 5.94 Å². The summed E-state index contributed by atoms with van der Waals surface area (Å²) in [5.74, 6) is 0.530. The van der Waals surface area contributed by atoms with E-state index >= 15 is 0 Å². The van der Waals surface area contributed by atoms with E-state index in [1.54, 1.807) is 13.8 Å². The molecule has 0 radical (unpaired) electrons. The zero-order valence-corrected chi connectivity index (χ0v) is 9.58. The summed E-state index contributed by atoms with van der Waals surface area (Å²) >= 11 is 0. The zero-order valence-electron chi connectivity index (χ0n) is 9.58. The summed E-state index contributed by atoms with van der Waals surface area (Å²) in [6.07, 6.45) is 0.738. The highest BCUT2D eigenvalue weighted by molar-refractivity contribution is 5.96. The van der Waals surface area contributed by atoms with E-state index in [4.69, 9.17) is 4.74 Å². The molecule has 0 atom stereocenters. The van der Waals surface area contributed by atoms with Gasteiger partial charge in [-0.2, -0.15) is 0 Å². The van der Waals surface area contributed by atoms with Gasteiger partial charge < -0.3 is 9.47 Å². The van der Waals surface area contributed by atoms with Gasteiger partial charge in [-0.25, -0.2) is 9.59 Å². The van der Waals surface area contributed by atoms with E-state index in [-0.39, 0.29) is 31.0 Å². The maximum atomic E-state index is 11.1. The highest BCUT2D eigenvalue weighted by Gasteiger charge is 2.12. The fraction of sp³-hybridized carbons (Fsp3) is 0.636. The quantitative estimate of drug-likeness (QED) is 0.370. The van der Waals surface area contributed by atoms with Crippen molar-refractivity contribution in [1.29, 1.82) is 0 Å². The summed E-state index contributed by atoms with van der Waals surface area (Å²) < 4.78 is 9.35. The van der Waals surface area contributed by atoms with E-state index in [2.05, 4.69) is 4.74 Å². The molecule has 90 valence electrons. The molecule has 0 heterocycles. The van der Waals surface area contributed by atoms with Crippen LogP contribution in [0.1, 0.15) is 33.1 Å². The SMILES string of the molecule is CCOC(=O)CCCC(=C=O)C(=O)OCC. The lowest BCUT2D eigenvalue weighted by atomic mass is 10.1. The molecular weight excluding hydrogens is 212 g/mol. The van der Waals surface area contributed by atoms with Gasteiger partial charge in [-0.3, -0.25) is 4.79 Å². The number of hydrogen-bond donors (Lipinski definition) is 0. The Kier molecular flexibility index (Phi) is 7.81. The monoisotopic (exact) mass is 228 g/mol. The second-order valence-corrected chi connectivity index (χ2v) is 2.96. The Morgan fingerprint density at radius 2 is 1.69 bits per heavy atom. The third-order valence-corrected chi connectivity index (χ3v) is 1.76. The van der Waals surface area contributed by atoms with Crippen LogP contribution in [0, 0.1) is 0 Å². The van der Waals surface area contributed by atoms with E-state index in [0.717, 1.165) is 0 Å². The Hall–Kier alpha value is -1.61. The van der Waals surface area contributed by atoms with Crippen molar-refractivity contribution in [1.82, 2.24) is 0 Å². The summed E-state index contributed by atoms with van der Waals surface area (Å²) in [5, 5.41) is 0. The van der Waals surface area contributed by atoms with Crippen molar-refractivity contribution in [2.45, 2.75) is 33.1 Å². The van der Waals surface area contributed by atoms with Crippen LogP contribution in [0.2, 0.25) is 0 Å². The van der Waals surface area contributed by atoms with Crippen molar-refractivity contribution in [2.75, 3.05) is 13.2 Å². The van der Waals surface area contributed by atoms with Gasteiger partial charge in [0.2, 0.25) is 0 Å². The highest BCUT2D eigenvalue weighted by atomic mass is 16.5. The average Bonchev–Trinajstić information content (AvgIpc) is 2.25. The Balaban J connectivity index is 3.94. The molecule has 0 bridgehead atoms.